The average Bonchev–Trinajstić information content (AvgIpc) is 2.32. The zero-order chi connectivity index (χ0) is 11.1. The van der Waals surface area contributed by atoms with E-state index in [0.717, 1.165) is 22.4 Å². The van der Waals surface area contributed by atoms with E-state index in [2.05, 4.69) is 9.97 Å². The second-order valence-electron chi connectivity index (χ2n) is 3.95. The van der Waals surface area contributed by atoms with Crippen LogP contribution >= 0.6 is 0 Å². The van der Waals surface area contributed by atoms with Gasteiger partial charge in [-0.2, -0.15) is 0 Å². The van der Waals surface area contributed by atoms with Gasteiger partial charge in [0.05, 0.1) is 28.5 Å². The van der Waals surface area contributed by atoms with Crippen molar-refractivity contribution < 1.29 is 0 Å². The molecule has 0 bridgehead atoms. The zero-order valence-corrected chi connectivity index (χ0v) is 8.67. The summed E-state index contributed by atoms with van der Waals surface area (Å²) in [5.74, 6) is 0. The van der Waals surface area contributed by atoms with Crippen LogP contribution in [0.25, 0.3) is 17.1 Å². The third-order valence-corrected chi connectivity index (χ3v) is 2.83. The molecule has 80 valence electrons. The first-order chi connectivity index (χ1) is 7.75. The molecule has 0 amide bonds. The highest BCUT2D eigenvalue weighted by Crippen LogP contribution is 2.24. The fourth-order valence-electron chi connectivity index (χ4n) is 1.90. The van der Waals surface area contributed by atoms with Crippen molar-refractivity contribution in [2.75, 3.05) is 0 Å². The number of para-hydroxylation sites is 2. The maximum Gasteiger partial charge on any atom is 0.0894 e. The molecule has 0 spiro atoms. The van der Waals surface area contributed by atoms with Crippen molar-refractivity contribution in [3.63, 3.8) is 0 Å². The minimum Gasteiger partial charge on any atom is -0.323 e. The van der Waals surface area contributed by atoms with E-state index in [9.17, 15) is 0 Å². The highest BCUT2D eigenvalue weighted by Gasteiger charge is 2.22. The smallest absolute Gasteiger partial charge is 0.0894 e. The van der Waals surface area contributed by atoms with Gasteiger partial charge in [-0.1, -0.05) is 18.2 Å². The van der Waals surface area contributed by atoms with E-state index in [4.69, 9.17) is 11.5 Å². The van der Waals surface area contributed by atoms with Crippen LogP contribution < -0.4 is 11.5 Å². The van der Waals surface area contributed by atoms with Crippen LogP contribution in [-0.2, 0) is 0 Å². The standard InChI is InChI=1S/C12H12N4/c13-7-5-6-10-12(11(7)14)16-9-4-2-1-3-8(9)15-10/h1-7,11H,13-14H2. The summed E-state index contributed by atoms with van der Waals surface area (Å²) in [6.07, 6.45) is 3.76. The number of nitrogens with two attached hydrogens (primary N) is 2. The van der Waals surface area contributed by atoms with E-state index in [1.54, 1.807) is 0 Å². The number of hydrogen-bond acceptors (Lipinski definition) is 4. The van der Waals surface area contributed by atoms with E-state index in [1.165, 1.54) is 0 Å². The molecule has 3 rings (SSSR count). The number of aromatic nitrogens is 2. The van der Waals surface area contributed by atoms with Gasteiger partial charge in [-0.05, 0) is 18.2 Å². The molecule has 4 N–H and O–H groups in total. The van der Waals surface area contributed by atoms with E-state index in [-0.39, 0.29) is 12.1 Å². The molecule has 1 aliphatic carbocycles. The minimum absolute atomic E-state index is 0.178. The lowest BCUT2D eigenvalue weighted by Gasteiger charge is -2.22. The Morgan fingerprint density at radius 1 is 1.00 bits per heavy atom. The maximum absolute atomic E-state index is 6.00. The van der Waals surface area contributed by atoms with Crippen molar-refractivity contribution in [2.45, 2.75) is 12.1 Å². The normalized spacial score (nSPS) is 23.4. The molecule has 0 aliphatic heterocycles. The summed E-state index contributed by atoms with van der Waals surface area (Å²) in [6.45, 7) is 0. The molecule has 2 unspecified atom stereocenters. The van der Waals surface area contributed by atoms with Gasteiger partial charge >= 0.3 is 0 Å². The Morgan fingerprint density at radius 2 is 1.69 bits per heavy atom. The Morgan fingerprint density at radius 3 is 2.44 bits per heavy atom. The van der Waals surface area contributed by atoms with Gasteiger partial charge in [0.15, 0.2) is 0 Å². The van der Waals surface area contributed by atoms with Crippen LogP contribution in [0.2, 0.25) is 0 Å². The SMILES string of the molecule is NC1C=Cc2nc3ccccc3nc2C1N. The molecule has 4 heteroatoms. The van der Waals surface area contributed by atoms with Crippen LogP contribution in [0.4, 0.5) is 0 Å². The summed E-state index contributed by atoms with van der Waals surface area (Å²) in [6, 6.07) is 7.31. The predicted molar refractivity (Wildman–Crippen MR) is 63.5 cm³/mol. The Labute approximate surface area is 93.0 Å². The summed E-state index contributed by atoms with van der Waals surface area (Å²) in [5.41, 5.74) is 15.2. The first-order valence-corrected chi connectivity index (χ1v) is 5.22. The lowest BCUT2D eigenvalue weighted by Crippen LogP contribution is -2.35. The van der Waals surface area contributed by atoms with Gasteiger partial charge < -0.3 is 11.5 Å². The van der Waals surface area contributed by atoms with Crippen molar-refractivity contribution in [3.05, 3.63) is 41.7 Å². The maximum atomic E-state index is 6.00. The summed E-state index contributed by atoms with van der Waals surface area (Å²) in [5, 5.41) is 0. The van der Waals surface area contributed by atoms with E-state index >= 15 is 0 Å². The van der Waals surface area contributed by atoms with Gasteiger partial charge in [0, 0.05) is 6.04 Å². The monoisotopic (exact) mass is 212 g/mol. The summed E-state index contributed by atoms with van der Waals surface area (Å²) < 4.78 is 0. The molecule has 1 aliphatic rings. The summed E-state index contributed by atoms with van der Waals surface area (Å²) in [4.78, 5) is 9.04. The Kier molecular flexibility index (Phi) is 1.99. The lowest BCUT2D eigenvalue weighted by atomic mass is 9.98. The molecule has 0 radical (unpaired) electrons. The van der Waals surface area contributed by atoms with Crippen molar-refractivity contribution in [3.8, 4) is 0 Å². The van der Waals surface area contributed by atoms with Gasteiger partial charge in [0.25, 0.3) is 0 Å². The number of hydrogen-bond donors (Lipinski definition) is 2. The fourth-order valence-corrected chi connectivity index (χ4v) is 1.90. The molecule has 1 aromatic carbocycles. The minimum atomic E-state index is -0.267. The van der Waals surface area contributed by atoms with Gasteiger partial charge in [0.1, 0.15) is 0 Å². The molecule has 16 heavy (non-hydrogen) atoms. The van der Waals surface area contributed by atoms with E-state index < -0.39 is 0 Å². The number of benzene rings is 1. The molecule has 0 fully saturated rings. The molecule has 4 nitrogen and oxygen atoms in total. The number of rotatable bonds is 0. The average molecular weight is 212 g/mol. The van der Waals surface area contributed by atoms with Gasteiger partial charge in [-0.3, -0.25) is 0 Å². The first kappa shape index (κ1) is 9.45. The zero-order valence-electron chi connectivity index (χ0n) is 8.67. The molecular weight excluding hydrogens is 200 g/mol. The van der Waals surface area contributed by atoms with Crippen molar-refractivity contribution >= 4 is 17.1 Å². The lowest BCUT2D eigenvalue weighted by molar-refractivity contribution is 0.610. The second kappa shape index (κ2) is 3.37. The molecule has 1 aromatic heterocycles. The molecule has 1 heterocycles. The van der Waals surface area contributed by atoms with Gasteiger partial charge in [-0.25, -0.2) is 9.97 Å². The predicted octanol–water partition coefficient (Wildman–Crippen LogP) is 0.984. The highest BCUT2D eigenvalue weighted by atomic mass is 14.9. The van der Waals surface area contributed by atoms with Crippen LogP contribution in [-0.4, -0.2) is 16.0 Å². The fraction of sp³-hybridized carbons (Fsp3) is 0.167. The van der Waals surface area contributed by atoms with Gasteiger partial charge in [-0.15, -0.1) is 0 Å². The third-order valence-electron chi connectivity index (χ3n) is 2.83. The van der Waals surface area contributed by atoms with E-state index in [0.29, 0.717) is 0 Å². The van der Waals surface area contributed by atoms with Crippen molar-refractivity contribution in [1.82, 2.24) is 9.97 Å². The van der Waals surface area contributed by atoms with Crippen LogP contribution in [0.3, 0.4) is 0 Å². The first-order valence-electron chi connectivity index (χ1n) is 5.22. The largest absolute Gasteiger partial charge is 0.323 e. The highest BCUT2D eigenvalue weighted by molar-refractivity contribution is 5.76. The topological polar surface area (TPSA) is 77.8 Å². The number of nitrogens with zero attached hydrogens (tertiary/aromatic N) is 2. The van der Waals surface area contributed by atoms with Crippen molar-refractivity contribution in [1.29, 1.82) is 0 Å². The second-order valence-corrected chi connectivity index (χ2v) is 3.95. The Hall–Kier alpha value is -1.78. The Balaban J connectivity index is 2.29. The molecule has 2 aromatic rings. The van der Waals surface area contributed by atoms with Crippen LogP contribution in [0.5, 0.6) is 0 Å². The molecule has 0 saturated heterocycles. The summed E-state index contributed by atoms with van der Waals surface area (Å²) in [7, 11) is 0. The molecular formula is C12H12N4. The Bertz CT molecular complexity index is 576. The van der Waals surface area contributed by atoms with Crippen LogP contribution in [0, 0.1) is 0 Å². The summed E-state index contributed by atoms with van der Waals surface area (Å²) >= 11 is 0. The third kappa shape index (κ3) is 1.31. The van der Waals surface area contributed by atoms with Crippen LogP contribution in [0.15, 0.2) is 30.3 Å². The number of fused-ring (bicyclic) bond motifs is 2. The van der Waals surface area contributed by atoms with Gasteiger partial charge in [0.2, 0.25) is 0 Å². The molecule has 0 saturated carbocycles. The van der Waals surface area contributed by atoms with Crippen LogP contribution in [0.1, 0.15) is 17.4 Å². The quantitative estimate of drug-likeness (QED) is 0.682. The van der Waals surface area contributed by atoms with E-state index in [1.807, 2.05) is 36.4 Å². The van der Waals surface area contributed by atoms with Crippen molar-refractivity contribution in [2.24, 2.45) is 11.5 Å². The molecule has 2 atom stereocenters.